The number of nitrogens with zero attached hydrogens (tertiary/aromatic N) is 2. The third-order valence-corrected chi connectivity index (χ3v) is 3.97. The topological polar surface area (TPSA) is 27.1 Å². The monoisotopic (exact) mass is 184 g/mol. The molecule has 2 atom stereocenters. The average molecular weight is 184 g/mol. The molecule has 12 heavy (non-hydrogen) atoms. The predicted octanol–water partition coefficient (Wildman–Crippen LogP) is 2.02. The minimum atomic E-state index is -0.434. The molecular formula is C8H13N2OP. The van der Waals surface area contributed by atoms with Crippen LogP contribution in [0.5, 0.6) is 0 Å². The molecule has 0 amide bonds. The quantitative estimate of drug-likeness (QED) is 0.624. The van der Waals surface area contributed by atoms with Crippen molar-refractivity contribution >= 4 is 8.30 Å². The van der Waals surface area contributed by atoms with Crippen LogP contribution < -0.4 is 0 Å². The highest BCUT2D eigenvalue weighted by Gasteiger charge is 2.23. The molecule has 0 aromatic carbocycles. The second kappa shape index (κ2) is 3.15. The molecule has 0 saturated carbocycles. The first kappa shape index (κ1) is 8.21. The fraction of sp³-hybridized carbons (Fsp3) is 0.625. The first-order valence-electron chi connectivity index (χ1n) is 4.28. The van der Waals surface area contributed by atoms with E-state index in [1.807, 2.05) is 12.4 Å². The van der Waals surface area contributed by atoms with Crippen molar-refractivity contribution in [2.24, 2.45) is 0 Å². The Hall–Kier alpha value is -0.400. The molecule has 1 aromatic rings. The zero-order valence-corrected chi connectivity index (χ0v) is 8.29. The molecule has 2 rings (SSSR count). The van der Waals surface area contributed by atoms with Crippen LogP contribution in [0.25, 0.3) is 0 Å². The van der Waals surface area contributed by atoms with Gasteiger partial charge in [-0.05, 0) is 6.92 Å². The van der Waals surface area contributed by atoms with Gasteiger partial charge >= 0.3 is 0 Å². The van der Waals surface area contributed by atoms with Gasteiger partial charge in [-0.3, -0.25) is 4.34 Å². The second-order valence-electron chi connectivity index (χ2n) is 2.98. The van der Waals surface area contributed by atoms with E-state index in [2.05, 4.69) is 23.2 Å². The molecule has 1 aromatic heterocycles. The molecule has 0 fully saturated rings. The van der Waals surface area contributed by atoms with E-state index in [0.717, 1.165) is 12.6 Å². The van der Waals surface area contributed by atoms with Crippen LogP contribution in [0.4, 0.5) is 0 Å². The van der Waals surface area contributed by atoms with E-state index >= 15 is 0 Å². The van der Waals surface area contributed by atoms with Gasteiger partial charge in [-0.1, -0.05) is 6.92 Å². The lowest BCUT2D eigenvalue weighted by molar-refractivity contribution is 0.228. The third kappa shape index (κ3) is 1.27. The molecule has 0 bridgehead atoms. The molecule has 4 heteroatoms. The molecular weight excluding hydrogens is 171 g/mol. The molecule has 3 nitrogen and oxygen atoms in total. The summed E-state index contributed by atoms with van der Waals surface area (Å²) in [5.41, 5.74) is 0. The Kier molecular flexibility index (Phi) is 2.16. The van der Waals surface area contributed by atoms with Gasteiger partial charge in [0.2, 0.25) is 0 Å². The SMILES string of the molecule is CCP1O[C@@H](C)Cc2nccn21. The molecule has 66 valence electrons. The molecule has 0 saturated heterocycles. The fourth-order valence-electron chi connectivity index (χ4n) is 1.46. The van der Waals surface area contributed by atoms with Gasteiger partial charge in [-0.15, -0.1) is 0 Å². The molecule has 0 N–H and O–H groups in total. The van der Waals surface area contributed by atoms with Crippen molar-refractivity contribution in [1.82, 2.24) is 9.32 Å². The smallest absolute Gasteiger partial charge is 0.137 e. The summed E-state index contributed by atoms with van der Waals surface area (Å²) in [4.78, 5) is 4.30. The average Bonchev–Trinajstić information content (AvgIpc) is 2.50. The molecule has 1 unspecified atom stereocenters. The number of rotatable bonds is 1. The van der Waals surface area contributed by atoms with Gasteiger partial charge in [0.05, 0.1) is 6.10 Å². The lowest BCUT2D eigenvalue weighted by Crippen LogP contribution is -2.20. The maximum Gasteiger partial charge on any atom is 0.137 e. The van der Waals surface area contributed by atoms with Gasteiger partial charge in [0.25, 0.3) is 0 Å². The maximum absolute atomic E-state index is 5.81. The van der Waals surface area contributed by atoms with E-state index in [-0.39, 0.29) is 0 Å². The summed E-state index contributed by atoms with van der Waals surface area (Å²) in [6.07, 6.45) is 6.25. The van der Waals surface area contributed by atoms with E-state index in [1.54, 1.807) is 0 Å². The summed E-state index contributed by atoms with van der Waals surface area (Å²) < 4.78 is 8.00. The zero-order valence-electron chi connectivity index (χ0n) is 7.40. The van der Waals surface area contributed by atoms with Gasteiger partial charge in [0.1, 0.15) is 14.1 Å². The summed E-state index contributed by atoms with van der Waals surface area (Å²) in [5, 5.41) is 0. The van der Waals surface area contributed by atoms with Crippen molar-refractivity contribution in [1.29, 1.82) is 0 Å². The van der Waals surface area contributed by atoms with Gasteiger partial charge < -0.3 is 4.52 Å². The highest BCUT2D eigenvalue weighted by Crippen LogP contribution is 2.44. The Morgan fingerprint density at radius 1 is 1.83 bits per heavy atom. The molecule has 0 spiro atoms. The number of imidazole rings is 1. The van der Waals surface area contributed by atoms with Crippen molar-refractivity contribution in [3.8, 4) is 0 Å². The highest BCUT2D eigenvalue weighted by atomic mass is 31.2. The first-order valence-corrected chi connectivity index (χ1v) is 5.68. The number of fused-ring (bicyclic) bond motifs is 1. The maximum atomic E-state index is 5.81. The van der Waals surface area contributed by atoms with Crippen molar-refractivity contribution in [2.45, 2.75) is 26.4 Å². The summed E-state index contributed by atoms with van der Waals surface area (Å²) in [5.74, 6) is 1.18. The standard InChI is InChI=1S/C8H13N2OP/c1-3-12-10-5-4-9-8(10)6-7(2)11-12/h4-5,7H,3,6H2,1-2H3/t7-,12?/m0/s1. The predicted molar refractivity (Wildman–Crippen MR) is 49.3 cm³/mol. The lowest BCUT2D eigenvalue weighted by atomic mass is 10.3. The van der Waals surface area contributed by atoms with E-state index in [4.69, 9.17) is 4.52 Å². The Balaban J connectivity index is 2.31. The summed E-state index contributed by atoms with van der Waals surface area (Å²) in [6.45, 7) is 4.27. The largest absolute Gasteiger partial charge is 0.335 e. The summed E-state index contributed by atoms with van der Waals surface area (Å²) >= 11 is 0. The number of hydrogen-bond acceptors (Lipinski definition) is 2. The van der Waals surface area contributed by atoms with Gasteiger partial charge in [0, 0.05) is 25.0 Å². The van der Waals surface area contributed by atoms with Crippen molar-refractivity contribution in [2.75, 3.05) is 6.16 Å². The van der Waals surface area contributed by atoms with Crippen LogP contribution in [-0.4, -0.2) is 21.6 Å². The van der Waals surface area contributed by atoms with E-state index in [9.17, 15) is 0 Å². The van der Waals surface area contributed by atoms with Crippen LogP contribution in [0.15, 0.2) is 12.4 Å². The summed E-state index contributed by atoms with van der Waals surface area (Å²) in [7, 11) is -0.434. The molecule has 1 aliphatic heterocycles. The van der Waals surface area contributed by atoms with Crippen molar-refractivity contribution in [3.05, 3.63) is 18.2 Å². The van der Waals surface area contributed by atoms with E-state index in [0.29, 0.717) is 6.10 Å². The minimum absolute atomic E-state index is 0.339. The van der Waals surface area contributed by atoms with Crippen LogP contribution in [0.3, 0.4) is 0 Å². The Bertz CT molecular complexity index is 274. The molecule has 1 aliphatic rings. The van der Waals surface area contributed by atoms with Gasteiger partial charge in [0.15, 0.2) is 0 Å². The Labute approximate surface area is 73.6 Å². The van der Waals surface area contributed by atoms with Crippen molar-refractivity contribution < 1.29 is 4.52 Å². The fourth-order valence-corrected chi connectivity index (χ4v) is 3.10. The van der Waals surface area contributed by atoms with Crippen LogP contribution in [0, 0.1) is 0 Å². The molecule has 0 aliphatic carbocycles. The lowest BCUT2D eigenvalue weighted by Gasteiger charge is -2.28. The second-order valence-corrected chi connectivity index (χ2v) is 4.96. The van der Waals surface area contributed by atoms with Crippen molar-refractivity contribution in [3.63, 3.8) is 0 Å². The first-order chi connectivity index (χ1) is 5.81. The van der Waals surface area contributed by atoms with Gasteiger partial charge in [-0.2, -0.15) is 0 Å². The molecule has 2 heterocycles. The summed E-state index contributed by atoms with van der Waals surface area (Å²) in [6, 6.07) is 0. The van der Waals surface area contributed by atoms with Crippen LogP contribution in [0.2, 0.25) is 0 Å². The van der Waals surface area contributed by atoms with E-state index < -0.39 is 8.30 Å². The van der Waals surface area contributed by atoms with Crippen LogP contribution >= 0.6 is 8.30 Å². The minimum Gasteiger partial charge on any atom is -0.335 e. The Morgan fingerprint density at radius 3 is 3.42 bits per heavy atom. The molecule has 0 radical (unpaired) electrons. The van der Waals surface area contributed by atoms with Gasteiger partial charge in [-0.25, -0.2) is 4.98 Å². The Morgan fingerprint density at radius 2 is 2.67 bits per heavy atom. The van der Waals surface area contributed by atoms with Crippen LogP contribution in [0.1, 0.15) is 19.7 Å². The zero-order chi connectivity index (χ0) is 8.55. The highest BCUT2D eigenvalue weighted by molar-refractivity contribution is 7.50. The third-order valence-electron chi connectivity index (χ3n) is 1.98. The number of aromatic nitrogens is 2. The van der Waals surface area contributed by atoms with E-state index in [1.165, 1.54) is 5.82 Å². The van der Waals surface area contributed by atoms with Crippen LogP contribution in [-0.2, 0) is 10.9 Å². The number of hydrogen-bond donors (Lipinski definition) is 0. The normalized spacial score (nSPS) is 28.5.